The van der Waals surface area contributed by atoms with Crippen molar-refractivity contribution in [2.45, 2.75) is 64.7 Å². The molecule has 2 amide bonds. The number of rotatable bonds is 6. The molecule has 0 spiro atoms. The minimum atomic E-state index is -1.85. The summed E-state index contributed by atoms with van der Waals surface area (Å²) in [4.78, 5) is 22.9. The van der Waals surface area contributed by atoms with Gasteiger partial charge >= 0.3 is 0 Å². The number of alkyl halides is 2. The summed E-state index contributed by atoms with van der Waals surface area (Å²) in [6.07, 6.45) is 3.69. The van der Waals surface area contributed by atoms with E-state index in [1.54, 1.807) is 0 Å². The molecule has 22 heavy (non-hydrogen) atoms. The molecule has 0 aliphatic heterocycles. The molecular weight excluding hydrogens is 290 g/mol. The molecular formula is C16H28F2N2O2. The van der Waals surface area contributed by atoms with Gasteiger partial charge in [0.15, 0.2) is 11.3 Å². The summed E-state index contributed by atoms with van der Waals surface area (Å²) in [5.41, 5.74) is -3.69. The summed E-state index contributed by atoms with van der Waals surface area (Å²) < 4.78 is 26.8. The number of amides is 2. The van der Waals surface area contributed by atoms with Gasteiger partial charge in [0.1, 0.15) is 0 Å². The van der Waals surface area contributed by atoms with Crippen LogP contribution >= 0.6 is 0 Å². The van der Waals surface area contributed by atoms with Gasteiger partial charge in [0.05, 0.1) is 0 Å². The SMILES string of the molecule is CC(C)(F)C(=O)NCC1CCC(CNC(=O)C(C)(C)F)CC1. The number of halogens is 2. The fraction of sp³-hybridized carbons (Fsp3) is 0.875. The van der Waals surface area contributed by atoms with Crippen molar-refractivity contribution in [3.63, 3.8) is 0 Å². The van der Waals surface area contributed by atoms with E-state index in [4.69, 9.17) is 0 Å². The molecule has 0 aromatic carbocycles. The van der Waals surface area contributed by atoms with Crippen LogP contribution in [0, 0.1) is 11.8 Å². The topological polar surface area (TPSA) is 58.2 Å². The van der Waals surface area contributed by atoms with Crippen LogP contribution in [0.2, 0.25) is 0 Å². The van der Waals surface area contributed by atoms with Crippen LogP contribution in [-0.2, 0) is 9.59 Å². The minimum Gasteiger partial charge on any atom is -0.353 e. The Labute approximate surface area is 131 Å². The van der Waals surface area contributed by atoms with E-state index in [1.807, 2.05) is 0 Å². The van der Waals surface area contributed by atoms with E-state index in [0.29, 0.717) is 24.9 Å². The Hall–Kier alpha value is -1.20. The highest BCUT2D eigenvalue weighted by Crippen LogP contribution is 2.28. The Morgan fingerprint density at radius 3 is 1.32 bits per heavy atom. The van der Waals surface area contributed by atoms with Gasteiger partial charge < -0.3 is 10.6 Å². The number of hydrogen-bond donors (Lipinski definition) is 2. The van der Waals surface area contributed by atoms with Crippen molar-refractivity contribution in [2.75, 3.05) is 13.1 Å². The summed E-state index contributed by atoms with van der Waals surface area (Å²) in [5.74, 6) is -0.467. The van der Waals surface area contributed by atoms with Crippen molar-refractivity contribution in [1.29, 1.82) is 0 Å². The van der Waals surface area contributed by atoms with Gasteiger partial charge in [0, 0.05) is 13.1 Å². The van der Waals surface area contributed by atoms with Gasteiger partial charge in [-0.05, 0) is 65.2 Å². The summed E-state index contributed by atoms with van der Waals surface area (Å²) in [5, 5.41) is 5.29. The largest absolute Gasteiger partial charge is 0.353 e. The third-order valence-electron chi connectivity index (χ3n) is 4.15. The van der Waals surface area contributed by atoms with Crippen LogP contribution in [0.4, 0.5) is 8.78 Å². The molecule has 0 radical (unpaired) electrons. The molecule has 0 aromatic heterocycles. The molecule has 1 saturated carbocycles. The van der Waals surface area contributed by atoms with Gasteiger partial charge in [-0.1, -0.05) is 0 Å². The van der Waals surface area contributed by atoms with E-state index >= 15 is 0 Å². The van der Waals surface area contributed by atoms with Gasteiger partial charge in [-0.3, -0.25) is 9.59 Å². The quantitative estimate of drug-likeness (QED) is 0.790. The highest BCUT2D eigenvalue weighted by atomic mass is 19.1. The maximum Gasteiger partial charge on any atom is 0.257 e. The monoisotopic (exact) mass is 318 g/mol. The first kappa shape index (κ1) is 18.8. The van der Waals surface area contributed by atoms with Gasteiger partial charge in [-0.2, -0.15) is 0 Å². The van der Waals surface area contributed by atoms with Crippen molar-refractivity contribution in [1.82, 2.24) is 10.6 Å². The van der Waals surface area contributed by atoms with Crippen molar-refractivity contribution in [2.24, 2.45) is 11.8 Å². The number of carbonyl (C=O) groups is 2. The Morgan fingerprint density at radius 2 is 1.09 bits per heavy atom. The van der Waals surface area contributed by atoms with Crippen LogP contribution in [0.3, 0.4) is 0 Å². The molecule has 1 rings (SSSR count). The average Bonchev–Trinajstić information content (AvgIpc) is 2.41. The van der Waals surface area contributed by atoms with Crippen LogP contribution < -0.4 is 10.6 Å². The summed E-state index contributed by atoms with van der Waals surface area (Å²) in [6, 6.07) is 0. The zero-order chi connectivity index (χ0) is 17.0. The Bertz CT molecular complexity index is 354. The number of carbonyl (C=O) groups excluding carboxylic acids is 2. The summed E-state index contributed by atoms with van der Waals surface area (Å²) in [7, 11) is 0. The first-order chi connectivity index (χ1) is 10.00. The zero-order valence-electron chi connectivity index (χ0n) is 14.0. The Kier molecular flexibility index (Phi) is 6.32. The van der Waals surface area contributed by atoms with Gasteiger partial charge in [-0.25, -0.2) is 8.78 Å². The maximum atomic E-state index is 13.4. The first-order valence-corrected chi connectivity index (χ1v) is 7.94. The van der Waals surface area contributed by atoms with E-state index in [9.17, 15) is 18.4 Å². The lowest BCUT2D eigenvalue weighted by atomic mass is 9.82. The van der Waals surface area contributed by atoms with Crippen LogP contribution in [0.1, 0.15) is 53.4 Å². The third kappa shape index (κ3) is 6.28. The normalized spacial score (nSPS) is 23.0. The van der Waals surface area contributed by atoms with Crippen molar-refractivity contribution in [3.8, 4) is 0 Å². The molecule has 0 saturated heterocycles. The van der Waals surface area contributed by atoms with E-state index < -0.39 is 23.2 Å². The van der Waals surface area contributed by atoms with Gasteiger partial charge in [0.2, 0.25) is 0 Å². The van der Waals surface area contributed by atoms with Crippen LogP contribution in [0.15, 0.2) is 0 Å². The van der Waals surface area contributed by atoms with Crippen molar-refractivity contribution >= 4 is 11.8 Å². The molecule has 1 aliphatic carbocycles. The molecule has 0 bridgehead atoms. The molecule has 0 unspecified atom stereocenters. The molecule has 6 heteroatoms. The molecule has 1 fully saturated rings. The lowest BCUT2D eigenvalue weighted by molar-refractivity contribution is -0.131. The molecule has 128 valence electrons. The van der Waals surface area contributed by atoms with Crippen LogP contribution in [-0.4, -0.2) is 36.2 Å². The van der Waals surface area contributed by atoms with E-state index in [2.05, 4.69) is 10.6 Å². The predicted molar refractivity (Wildman–Crippen MR) is 81.8 cm³/mol. The second-order valence-electron chi connectivity index (χ2n) is 7.25. The first-order valence-electron chi connectivity index (χ1n) is 7.94. The van der Waals surface area contributed by atoms with E-state index in [0.717, 1.165) is 25.7 Å². The fourth-order valence-corrected chi connectivity index (χ4v) is 2.53. The molecule has 0 atom stereocenters. The molecule has 0 heterocycles. The van der Waals surface area contributed by atoms with Crippen molar-refractivity contribution in [3.05, 3.63) is 0 Å². The molecule has 0 aromatic rings. The second-order valence-corrected chi connectivity index (χ2v) is 7.25. The van der Waals surface area contributed by atoms with E-state index in [-0.39, 0.29) is 0 Å². The Morgan fingerprint density at radius 1 is 0.818 bits per heavy atom. The smallest absolute Gasteiger partial charge is 0.257 e. The highest BCUT2D eigenvalue weighted by Gasteiger charge is 2.29. The lowest BCUT2D eigenvalue weighted by Gasteiger charge is -2.29. The summed E-state index contributed by atoms with van der Waals surface area (Å²) in [6.45, 7) is 5.96. The fourth-order valence-electron chi connectivity index (χ4n) is 2.53. The van der Waals surface area contributed by atoms with Gasteiger partial charge in [-0.15, -0.1) is 0 Å². The number of nitrogens with one attached hydrogen (secondary N) is 2. The zero-order valence-corrected chi connectivity index (χ0v) is 14.0. The minimum absolute atomic E-state index is 0.343. The predicted octanol–water partition coefficient (Wildman–Crippen LogP) is 2.52. The molecule has 1 aliphatic rings. The Balaban J connectivity index is 2.24. The summed E-state index contributed by atoms with van der Waals surface area (Å²) >= 11 is 0. The molecule has 2 N–H and O–H groups in total. The van der Waals surface area contributed by atoms with Crippen LogP contribution in [0.5, 0.6) is 0 Å². The second kappa shape index (κ2) is 7.38. The van der Waals surface area contributed by atoms with Crippen LogP contribution in [0.25, 0.3) is 0 Å². The third-order valence-corrected chi connectivity index (χ3v) is 4.15. The molecule has 4 nitrogen and oxygen atoms in total. The maximum absolute atomic E-state index is 13.4. The van der Waals surface area contributed by atoms with E-state index in [1.165, 1.54) is 27.7 Å². The van der Waals surface area contributed by atoms with Crippen molar-refractivity contribution < 1.29 is 18.4 Å². The highest BCUT2D eigenvalue weighted by molar-refractivity contribution is 5.84. The lowest BCUT2D eigenvalue weighted by Crippen LogP contribution is -2.43. The number of hydrogen-bond acceptors (Lipinski definition) is 2. The standard InChI is InChI=1S/C16H28F2N2O2/c1-15(2,17)13(21)19-9-11-5-7-12(8-6-11)10-20-14(22)16(3,4)18/h11-12H,5-10H2,1-4H3,(H,19,21)(H,20,22). The van der Waals surface area contributed by atoms with Gasteiger partial charge in [0.25, 0.3) is 11.8 Å². The average molecular weight is 318 g/mol.